The molecule has 22 nitrogen and oxygen atoms in total. The molecule has 1 aliphatic rings. The van der Waals surface area contributed by atoms with Crippen LogP contribution in [-0.4, -0.2) is 174 Å². The van der Waals surface area contributed by atoms with Crippen LogP contribution >= 0.6 is 0 Å². The van der Waals surface area contributed by atoms with E-state index in [9.17, 15) is 53.1 Å². The standard InChI is InChI=1S/C53H79N9O13/c1-16-31(8)44(38(74-14)28-41(65)62-26-22-25-37(62)45(75-15)32(9)47(66)56-36(53(72)73)27-35-23-20-19-21-24-35)61(13)52(71)42(29(4)5)59-49(68)43(30(6)7)60(12)51(70)34(11)55-48(67)33(10)54-50(69)46(57-39(63)17-2)58-40(64)18-3/h2-3,19-21,23-24,29-34,36-38,42-46H,16,22,25-28H2,1,4-15H3,(H,54,69)(H,55,67)(H,56,66)(H,57,63)(H,58,64)(H,59,68)(H,72,73)/t31-,32+,33-,34-,36-,37-,38+,42-,43-,44-,45+/m0/s1. The maximum Gasteiger partial charge on any atom is 0.326 e. The van der Waals surface area contributed by atoms with Gasteiger partial charge in [0.2, 0.25) is 35.4 Å². The van der Waals surface area contributed by atoms with Crippen molar-refractivity contribution in [1.82, 2.24) is 46.6 Å². The maximum atomic E-state index is 14.7. The zero-order valence-corrected chi connectivity index (χ0v) is 45.6. The number of amides is 9. The van der Waals surface area contributed by atoms with E-state index in [0.717, 1.165) is 10.5 Å². The summed E-state index contributed by atoms with van der Waals surface area (Å²) in [5.41, 5.74) is 0.738. The first kappa shape index (κ1) is 64.1. The number of terminal acetylenes is 2. The SMILES string of the molecule is C#CC(=O)NC(NC(=O)C#C)C(=O)N[C@@H](C)C(=O)N[C@@H](C)C(=O)N(C)[C@H](C(=O)N[C@H](C(=O)N(C)[C@@H]([C@@H](C)CC)[C@@H](CC(=O)N1CCC[C@H]1[C@H](OC)[C@@H](C)C(=O)N[C@@H](Cc1ccccc1)C(=O)O)OC)C(C)C)C(C)C. The molecule has 0 radical (unpaired) electrons. The van der Waals surface area contributed by atoms with Gasteiger partial charge in [0.05, 0.1) is 36.6 Å². The zero-order chi connectivity index (χ0) is 57.0. The van der Waals surface area contributed by atoms with Crippen molar-refractivity contribution in [2.24, 2.45) is 23.7 Å². The minimum Gasteiger partial charge on any atom is -0.480 e. The summed E-state index contributed by atoms with van der Waals surface area (Å²) in [5, 5.41) is 24.4. The van der Waals surface area contributed by atoms with Crippen molar-refractivity contribution in [3.63, 3.8) is 0 Å². The van der Waals surface area contributed by atoms with Gasteiger partial charge in [-0.2, -0.15) is 0 Å². The van der Waals surface area contributed by atoms with Gasteiger partial charge in [-0.3, -0.25) is 43.2 Å². The number of methoxy groups -OCH3 is 2. The van der Waals surface area contributed by atoms with Crippen LogP contribution in [0.1, 0.15) is 93.6 Å². The lowest BCUT2D eigenvalue weighted by Crippen LogP contribution is -2.62. The smallest absolute Gasteiger partial charge is 0.326 e. The van der Waals surface area contributed by atoms with Crippen molar-refractivity contribution in [2.75, 3.05) is 34.9 Å². The van der Waals surface area contributed by atoms with Gasteiger partial charge >= 0.3 is 5.97 Å². The second kappa shape index (κ2) is 30.4. The molecule has 7 N–H and O–H groups in total. The van der Waals surface area contributed by atoms with Crippen molar-refractivity contribution >= 4 is 59.1 Å². The molecule has 9 amide bonds. The van der Waals surface area contributed by atoms with E-state index in [4.69, 9.17) is 22.3 Å². The van der Waals surface area contributed by atoms with Crippen LogP contribution in [0.25, 0.3) is 0 Å². The number of carbonyl (C=O) groups excluding carboxylic acids is 9. The molecular weight excluding hydrogens is 971 g/mol. The predicted molar refractivity (Wildman–Crippen MR) is 277 cm³/mol. The molecule has 1 saturated heterocycles. The Morgan fingerprint density at radius 2 is 1.29 bits per heavy atom. The van der Waals surface area contributed by atoms with Crippen molar-refractivity contribution in [3.8, 4) is 24.7 Å². The van der Waals surface area contributed by atoms with Crippen LogP contribution in [0.2, 0.25) is 0 Å². The monoisotopic (exact) mass is 1050 g/mol. The molecule has 414 valence electrons. The normalized spacial score (nSPS) is 17.2. The Balaban J connectivity index is 2.27. The molecule has 0 aliphatic carbocycles. The summed E-state index contributed by atoms with van der Waals surface area (Å²) in [6, 6.07) is 1.73. The molecule has 0 spiro atoms. The number of aliphatic carboxylic acids is 1. The van der Waals surface area contributed by atoms with Crippen molar-refractivity contribution in [2.45, 2.75) is 155 Å². The summed E-state index contributed by atoms with van der Waals surface area (Å²) in [6.07, 6.45) is 8.43. The lowest BCUT2D eigenvalue weighted by atomic mass is 9.89. The summed E-state index contributed by atoms with van der Waals surface area (Å²) in [4.78, 5) is 137. The fraction of sp³-hybridized carbons (Fsp3) is 0.623. The molecule has 1 aromatic carbocycles. The number of benzene rings is 1. The molecule has 11 atom stereocenters. The van der Waals surface area contributed by atoms with E-state index < -0.39 is 132 Å². The van der Waals surface area contributed by atoms with Gasteiger partial charge in [-0.1, -0.05) is 85.2 Å². The van der Waals surface area contributed by atoms with E-state index >= 15 is 0 Å². The second-order valence-electron chi connectivity index (χ2n) is 19.7. The zero-order valence-electron chi connectivity index (χ0n) is 45.6. The first-order valence-electron chi connectivity index (χ1n) is 25.1. The lowest BCUT2D eigenvalue weighted by Gasteiger charge is -2.41. The van der Waals surface area contributed by atoms with Crippen LogP contribution in [-0.2, 0) is 63.8 Å². The molecule has 0 aromatic heterocycles. The van der Waals surface area contributed by atoms with Gasteiger partial charge in [-0.25, -0.2) is 4.79 Å². The van der Waals surface area contributed by atoms with E-state index in [0.29, 0.717) is 25.8 Å². The van der Waals surface area contributed by atoms with Crippen LogP contribution in [0, 0.1) is 48.4 Å². The van der Waals surface area contributed by atoms with Gasteiger partial charge < -0.3 is 61.2 Å². The van der Waals surface area contributed by atoms with Crippen molar-refractivity contribution in [1.29, 1.82) is 0 Å². The molecule has 0 saturated carbocycles. The van der Waals surface area contributed by atoms with Gasteiger partial charge in [-0.15, -0.1) is 12.8 Å². The number of likely N-dealkylation sites (N-methyl/N-ethyl adjacent to an activating group) is 2. The Morgan fingerprint density at radius 3 is 1.79 bits per heavy atom. The molecule has 0 bridgehead atoms. The average molecular weight is 1050 g/mol. The number of ether oxygens (including phenoxy) is 2. The quantitative estimate of drug-likeness (QED) is 0.0436. The van der Waals surface area contributed by atoms with Crippen molar-refractivity contribution < 1.29 is 62.5 Å². The van der Waals surface area contributed by atoms with Crippen LogP contribution in [0.3, 0.4) is 0 Å². The number of carboxylic acid groups (broad SMARTS) is 1. The van der Waals surface area contributed by atoms with E-state index in [-0.39, 0.29) is 24.7 Å². The number of likely N-dealkylation sites (tertiary alicyclic amines) is 1. The number of hydrogen-bond acceptors (Lipinski definition) is 12. The van der Waals surface area contributed by atoms with Crippen LogP contribution in [0.4, 0.5) is 0 Å². The molecule has 1 aliphatic heterocycles. The number of nitrogens with one attached hydrogen (secondary N) is 6. The second-order valence-corrected chi connectivity index (χ2v) is 19.7. The number of carbonyl (C=O) groups is 10. The number of nitrogens with zero attached hydrogens (tertiary/aromatic N) is 3. The fourth-order valence-corrected chi connectivity index (χ4v) is 9.27. The van der Waals surface area contributed by atoms with Gasteiger partial charge in [-0.05, 0) is 61.8 Å². The highest BCUT2D eigenvalue weighted by Crippen LogP contribution is 2.30. The summed E-state index contributed by atoms with van der Waals surface area (Å²) in [7, 11) is 5.86. The molecule has 0 unspecified atom stereocenters. The van der Waals surface area contributed by atoms with Crippen LogP contribution in [0.15, 0.2) is 30.3 Å². The highest BCUT2D eigenvalue weighted by Gasteiger charge is 2.44. The molecule has 2 rings (SSSR count). The van der Waals surface area contributed by atoms with Gasteiger partial charge in [0, 0.05) is 41.3 Å². The number of hydrogen-bond donors (Lipinski definition) is 7. The first-order chi connectivity index (χ1) is 35.2. The Hall–Kier alpha value is -7.04. The maximum absolute atomic E-state index is 14.7. The molecular formula is C53H79N9O13. The summed E-state index contributed by atoms with van der Waals surface area (Å²) < 4.78 is 11.9. The molecule has 1 heterocycles. The third kappa shape index (κ3) is 18.1. The van der Waals surface area contributed by atoms with E-state index in [1.54, 1.807) is 82.7 Å². The topological polar surface area (TPSA) is 291 Å². The molecule has 1 fully saturated rings. The van der Waals surface area contributed by atoms with E-state index in [1.807, 2.05) is 19.9 Å². The summed E-state index contributed by atoms with van der Waals surface area (Å²) >= 11 is 0. The Bertz CT molecular complexity index is 2240. The molecule has 1 aromatic rings. The summed E-state index contributed by atoms with van der Waals surface area (Å²) in [6.45, 7) is 15.4. The van der Waals surface area contributed by atoms with Crippen molar-refractivity contribution in [3.05, 3.63) is 35.9 Å². The van der Waals surface area contributed by atoms with Gasteiger partial charge in [0.15, 0.2) is 6.17 Å². The van der Waals surface area contributed by atoms with Gasteiger partial charge in [0.25, 0.3) is 17.7 Å². The predicted octanol–water partition coefficient (Wildman–Crippen LogP) is 0.177. The third-order valence-electron chi connectivity index (χ3n) is 13.6. The Labute approximate surface area is 441 Å². The fourth-order valence-electron chi connectivity index (χ4n) is 9.27. The number of rotatable bonds is 28. The third-order valence-corrected chi connectivity index (χ3v) is 13.6. The van der Waals surface area contributed by atoms with Crippen LogP contribution in [0.5, 0.6) is 0 Å². The molecule has 75 heavy (non-hydrogen) atoms. The van der Waals surface area contributed by atoms with E-state index in [1.165, 1.54) is 40.0 Å². The Kier molecular flexibility index (Phi) is 25.9. The largest absolute Gasteiger partial charge is 0.480 e. The minimum absolute atomic E-state index is 0.0743. The summed E-state index contributed by atoms with van der Waals surface area (Å²) in [5.74, 6) is -6.39. The highest BCUT2D eigenvalue weighted by molar-refractivity contribution is 6.01. The van der Waals surface area contributed by atoms with Gasteiger partial charge in [0.1, 0.15) is 30.2 Å². The first-order valence-corrected chi connectivity index (χ1v) is 25.1. The lowest BCUT2D eigenvalue weighted by molar-refractivity contribution is -0.149. The number of carboxylic acids is 1. The average Bonchev–Trinajstić information content (AvgIpc) is 3.86. The Morgan fingerprint density at radius 1 is 0.720 bits per heavy atom. The van der Waals surface area contributed by atoms with E-state index in [2.05, 4.69) is 31.9 Å². The van der Waals surface area contributed by atoms with Crippen LogP contribution < -0.4 is 31.9 Å². The minimum atomic E-state index is -1.73. The highest BCUT2D eigenvalue weighted by atomic mass is 16.5. The molecule has 22 heteroatoms.